The fourth-order valence-electron chi connectivity index (χ4n) is 1.57. The highest BCUT2D eigenvalue weighted by Crippen LogP contribution is 2.40. The van der Waals surface area contributed by atoms with E-state index in [9.17, 15) is 4.39 Å². The lowest BCUT2D eigenvalue weighted by Crippen LogP contribution is -2.07. The maximum atomic E-state index is 13.4. The minimum Gasteiger partial charge on any atom is -0.316 e. The zero-order chi connectivity index (χ0) is 9.26. The van der Waals surface area contributed by atoms with Crippen molar-refractivity contribution < 1.29 is 4.39 Å². The molecule has 0 aliphatic heterocycles. The van der Waals surface area contributed by atoms with Crippen LogP contribution in [-0.2, 0) is 6.54 Å². The summed E-state index contributed by atoms with van der Waals surface area (Å²) in [6.07, 6.45) is 2.45. The standard InChI is InChI=1S/C11H14FN/c1-13-7-10-5-4-9(6-11(10)12)8-2-3-8/h4-6,8,13H,2-3,7H2,1H3. The van der Waals surface area contributed by atoms with E-state index in [1.54, 1.807) is 6.07 Å². The summed E-state index contributed by atoms with van der Waals surface area (Å²) in [5.74, 6) is 0.567. The molecule has 1 aromatic carbocycles. The van der Waals surface area contributed by atoms with E-state index in [4.69, 9.17) is 0 Å². The van der Waals surface area contributed by atoms with Gasteiger partial charge in [-0.2, -0.15) is 0 Å². The molecule has 70 valence electrons. The van der Waals surface area contributed by atoms with Gasteiger partial charge in [0.2, 0.25) is 0 Å². The molecule has 1 fully saturated rings. The van der Waals surface area contributed by atoms with Crippen molar-refractivity contribution in [3.8, 4) is 0 Å². The summed E-state index contributed by atoms with van der Waals surface area (Å²) < 4.78 is 13.4. The fourth-order valence-corrected chi connectivity index (χ4v) is 1.57. The predicted octanol–water partition coefficient (Wildman–Crippen LogP) is 2.42. The molecule has 0 heterocycles. The molecule has 1 N–H and O–H groups in total. The molecule has 2 heteroatoms. The van der Waals surface area contributed by atoms with Crippen LogP contribution in [0.5, 0.6) is 0 Å². The van der Waals surface area contributed by atoms with Gasteiger partial charge in [0.15, 0.2) is 0 Å². The molecule has 2 rings (SSSR count). The third-order valence-electron chi connectivity index (χ3n) is 2.49. The molecular weight excluding hydrogens is 165 g/mol. The Morgan fingerprint density at radius 3 is 2.77 bits per heavy atom. The average molecular weight is 179 g/mol. The van der Waals surface area contributed by atoms with Crippen molar-refractivity contribution in [1.29, 1.82) is 0 Å². The SMILES string of the molecule is CNCc1ccc(C2CC2)cc1F. The van der Waals surface area contributed by atoms with Gasteiger partial charge in [0.05, 0.1) is 0 Å². The number of hydrogen-bond donors (Lipinski definition) is 1. The maximum Gasteiger partial charge on any atom is 0.127 e. The van der Waals surface area contributed by atoms with Gasteiger partial charge in [0.1, 0.15) is 5.82 Å². The molecule has 0 spiro atoms. The largest absolute Gasteiger partial charge is 0.316 e. The second-order valence-corrected chi connectivity index (χ2v) is 3.66. The number of nitrogens with one attached hydrogen (secondary N) is 1. The Kier molecular flexibility index (Phi) is 2.32. The molecule has 0 aromatic heterocycles. The van der Waals surface area contributed by atoms with Crippen LogP contribution in [0.25, 0.3) is 0 Å². The maximum absolute atomic E-state index is 13.4. The monoisotopic (exact) mass is 179 g/mol. The highest BCUT2D eigenvalue weighted by Gasteiger charge is 2.23. The average Bonchev–Trinajstić information content (AvgIpc) is 2.91. The van der Waals surface area contributed by atoms with Crippen molar-refractivity contribution in [3.05, 3.63) is 35.1 Å². The zero-order valence-electron chi connectivity index (χ0n) is 7.81. The van der Waals surface area contributed by atoms with Gasteiger partial charge in [0.25, 0.3) is 0 Å². The van der Waals surface area contributed by atoms with Crippen molar-refractivity contribution >= 4 is 0 Å². The second-order valence-electron chi connectivity index (χ2n) is 3.66. The summed E-state index contributed by atoms with van der Waals surface area (Å²) in [5.41, 5.74) is 1.92. The van der Waals surface area contributed by atoms with Crippen molar-refractivity contribution in [3.63, 3.8) is 0 Å². The lowest BCUT2D eigenvalue weighted by molar-refractivity contribution is 0.598. The van der Waals surface area contributed by atoms with Gasteiger partial charge in [-0.25, -0.2) is 4.39 Å². The van der Waals surface area contributed by atoms with Crippen molar-refractivity contribution in [2.45, 2.75) is 25.3 Å². The van der Waals surface area contributed by atoms with Crippen LogP contribution in [0.15, 0.2) is 18.2 Å². The van der Waals surface area contributed by atoms with Crippen molar-refractivity contribution in [1.82, 2.24) is 5.32 Å². The number of hydrogen-bond acceptors (Lipinski definition) is 1. The Labute approximate surface area is 78.0 Å². The van der Waals surface area contributed by atoms with Gasteiger partial charge in [-0.05, 0) is 37.4 Å². The predicted molar refractivity (Wildman–Crippen MR) is 51.1 cm³/mol. The molecule has 1 aliphatic carbocycles. The summed E-state index contributed by atoms with van der Waals surface area (Å²) >= 11 is 0. The summed E-state index contributed by atoms with van der Waals surface area (Å²) in [7, 11) is 1.83. The normalized spacial score (nSPS) is 16.2. The van der Waals surface area contributed by atoms with Gasteiger partial charge in [-0.3, -0.25) is 0 Å². The third-order valence-corrected chi connectivity index (χ3v) is 2.49. The van der Waals surface area contributed by atoms with Gasteiger partial charge in [-0.15, -0.1) is 0 Å². The summed E-state index contributed by atoms with van der Waals surface area (Å²) in [6.45, 7) is 0.608. The molecule has 0 saturated heterocycles. The van der Waals surface area contributed by atoms with E-state index in [0.717, 1.165) is 11.1 Å². The summed E-state index contributed by atoms with van der Waals surface area (Å²) in [5, 5.41) is 2.95. The van der Waals surface area contributed by atoms with E-state index in [-0.39, 0.29) is 5.82 Å². The number of rotatable bonds is 3. The van der Waals surface area contributed by atoms with E-state index in [1.807, 2.05) is 19.2 Å². The molecule has 1 saturated carbocycles. The van der Waals surface area contributed by atoms with Crippen LogP contribution in [-0.4, -0.2) is 7.05 Å². The van der Waals surface area contributed by atoms with Crippen LogP contribution in [0, 0.1) is 5.82 Å². The minimum atomic E-state index is -0.0706. The highest BCUT2D eigenvalue weighted by atomic mass is 19.1. The molecule has 0 amide bonds. The lowest BCUT2D eigenvalue weighted by Gasteiger charge is -2.04. The molecule has 1 aliphatic rings. The molecule has 1 aromatic rings. The summed E-state index contributed by atoms with van der Waals surface area (Å²) in [6, 6.07) is 5.62. The van der Waals surface area contributed by atoms with E-state index in [0.29, 0.717) is 12.5 Å². The number of benzene rings is 1. The van der Waals surface area contributed by atoms with Gasteiger partial charge < -0.3 is 5.32 Å². The van der Waals surface area contributed by atoms with Crippen molar-refractivity contribution in [2.24, 2.45) is 0 Å². The fraction of sp³-hybridized carbons (Fsp3) is 0.455. The lowest BCUT2D eigenvalue weighted by atomic mass is 10.1. The molecule has 0 radical (unpaired) electrons. The molecule has 1 nitrogen and oxygen atoms in total. The van der Waals surface area contributed by atoms with E-state index in [1.165, 1.54) is 12.8 Å². The van der Waals surface area contributed by atoms with Crippen LogP contribution >= 0.6 is 0 Å². The van der Waals surface area contributed by atoms with Crippen LogP contribution in [0.1, 0.15) is 29.9 Å². The van der Waals surface area contributed by atoms with Gasteiger partial charge >= 0.3 is 0 Å². The molecule has 13 heavy (non-hydrogen) atoms. The molecule has 0 atom stereocenters. The Morgan fingerprint density at radius 2 is 2.23 bits per heavy atom. The van der Waals surface area contributed by atoms with E-state index >= 15 is 0 Å². The molecular formula is C11H14FN. The van der Waals surface area contributed by atoms with Crippen LogP contribution in [0.2, 0.25) is 0 Å². The highest BCUT2D eigenvalue weighted by molar-refractivity contribution is 5.29. The topological polar surface area (TPSA) is 12.0 Å². The first-order valence-electron chi connectivity index (χ1n) is 4.74. The van der Waals surface area contributed by atoms with Crippen LogP contribution in [0.4, 0.5) is 4.39 Å². The van der Waals surface area contributed by atoms with E-state index < -0.39 is 0 Å². The quantitative estimate of drug-likeness (QED) is 0.751. The molecule has 0 bridgehead atoms. The van der Waals surface area contributed by atoms with Gasteiger partial charge in [-0.1, -0.05) is 12.1 Å². The smallest absolute Gasteiger partial charge is 0.127 e. The van der Waals surface area contributed by atoms with Gasteiger partial charge in [0, 0.05) is 12.1 Å². The third kappa shape index (κ3) is 1.89. The zero-order valence-corrected chi connectivity index (χ0v) is 7.81. The first-order valence-corrected chi connectivity index (χ1v) is 4.74. The Hall–Kier alpha value is -0.890. The van der Waals surface area contributed by atoms with Crippen molar-refractivity contribution in [2.75, 3.05) is 7.05 Å². The van der Waals surface area contributed by atoms with Crippen LogP contribution < -0.4 is 5.32 Å². The number of halogens is 1. The Balaban J connectivity index is 2.21. The second kappa shape index (κ2) is 3.46. The Bertz CT molecular complexity index is 305. The van der Waals surface area contributed by atoms with E-state index in [2.05, 4.69) is 5.32 Å². The minimum absolute atomic E-state index is 0.0706. The first kappa shape index (κ1) is 8.70. The summed E-state index contributed by atoms with van der Waals surface area (Å²) in [4.78, 5) is 0. The molecule has 0 unspecified atom stereocenters. The Morgan fingerprint density at radius 1 is 1.46 bits per heavy atom. The first-order chi connectivity index (χ1) is 6.31. The van der Waals surface area contributed by atoms with Crippen LogP contribution in [0.3, 0.4) is 0 Å².